The molecule has 1 saturated carbocycles. The number of piperidine rings is 1. The molecule has 1 amide bonds. The van der Waals surface area contributed by atoms with E-state index in [2.05, 4.69) is 11.1 Å². The molecule has 1 aromatic heterocycles. The number of nitrogens with zero attached hydrogens (tertiary/aromatic N) is 3. The highest BCUT2D eigenvalue weighted by Crippen LogP contribution is 2.39. The molecule has 3 fully saturated rings. The fraction of sp³-hybridized carbons (Fsp3) is 0.708. The number of carbonyl (C=O) groups is 1. The second-order valence-electron chi connectivity index (χ2n) is 10.0. The van der Waals surface area contributed by atoms with Crippen LogP contribution in [-0.2, 0) is 9.47 Å². The molecule has 7 nitrogen and oxygen atoms in total. The number of pyridine rings is 1. The van der Waals surface area contributed by atoms with Crippen LogP contribution >= 0.6 is 0 Å². The van der Waals surface area contributed by atoms with E-state index in [1.807, 2.05) is 25.7 Å². The van der Waals surface area contributed by atoms with Gasteiger partial charge in [-0.15, -0.1) is 0 Å². The van der Waals surface area contributed by atoms with Crippen LogP contribution in [0.2, 0.25) is 0 Å². The topological polar surface area (TPSA) is 84.7 Å². The number of fused-ring (bicyclic) bond motifs is 2. The average molecular weight is 428 g/mol. The van der Waals surface area contributed by atoms with Crippen LogP contribution in [0.1, 0.15) is 77.7 Å². The van der Waals surface area contributed by atoms with Gasteiger partial charge in [-0.1, -0.05) is 0 Å². The van der Waals surface area contributed by atoms with E-state index in [0.29, 0.717) is 11.4 Å². The molecule has 3 aliphatic rings. The molecule has 2 bridgehead atoms. The van der Waals surface area contributed by atoms with E-state index in [0.717, 1.165) is 51.4 Å². The second kappa shape index (κ2) is 9.04. The summed E-state index contributed by atoms with van der Waals surface area (Å²) >= 11 is 0. The number of rotatable bonds is 4. The molecule has 2 saturated heterocycles. The van der Waals surface area contributed by atoms with Crippen molar-refractivity contribution in [3.05, 3.63) is 23.9 Å². The van der Waals surface area contributed by atoms with Gasteiger partial charge in [0.05, 0.1) is 17.8 Å². The van der Waals surface area contributed by atoms with E-state index in [9.17, 15) is 4.79 Å². The van der Waals surface area contributed by atoms with E-state index in [1.165, 1.54) is 0 Å². The third kappa shape index (κ3) is 5.48. The Labute approximate surface area is 184 Å². The molecule has 0 aromatic carbocycles. The Hall–Kier alpha value is -2.33. The molecule has 1 aliphatic carbocycles. The molecule has 4 rings (SSSR count). The maximum absolute atomic E-state index is 12.6. The molecule has 7 heteroatoms. The maximum Gasteiger partial charge on any atom is 0.410 e. The summed E-state index contributed by atoms with van der Waals surface area (Å²) in [5.74, 6) is 0.578. The summed E-state index contributed by atoms with van der Waals surface area (Å²) in [7, 11) is 0. The first-order chi connectivity index (χ1) is 14.8. The number of carbonyl (C=O) groups excluding carboxylic acids is 1. The summed E-state index contributed by atoms with van der Waals surface area (Å²) in [6, 6.07) is 6.03. The second-order valence-corrected chi connectivity index (χ2v) is 10.0. The SMILES string of the molecule is CC(C)(C)OC(=O)N1[C@H]2CC[C@H]1CC(OC1CCC(Oc3ccc(C#N)cn3)CC1)C2. The molecule has 0 unspecified atom stereocenters. The first-order valence-corrected chi connectivity index (χ1v) is 11.5. The van der Waals surface area contributed by atoms with Gasteiger partial charge in [0, 0.05) is 24.3 Å². The normalized spacial score (nSPS) is 30.5. The summed E-state index contributed by atoms with van der Waals surface area (Å²) in [6.45, 7) is 5.75. The van der Waals surface area contributed by atoms with E-state index in [4.69, 9.17) is 19.5 Å². The van der Waals surface area contributed by atoms with Crippen LogP contribution in [0.5, 0.6) is 5.88 Å². The van der Waals surface area contributed by atoms with Crippen molar-refractivity contribution in [2.75, 3.05) is 0 Å². The van der Waals surface area contributed by atoms with Gasteiger partial charge in [-0.3, -0.25) is 0 Å². The van der Waals surface area contributed by atoms with Gasteiger partial charge in [0.15, 0.2) is 0 Å². The summed E-state index contributed by atoms with van der Waals surface area (Å²) < 4.78 is 18.1. The fourth-order valence-electron chi connectivity index (χ4n) is 5.10. The summed E-state index contributed by atoms with van der Waals surface area (Å²) in [6.07, 6.45) is 9.72. The number of aromatic nitrogens is 1. The monoisotopic (exact) mass is 427 g/mol. The molecular formula is C24H33N3O4. The van der Waals surface area contributed by atoms with Crippen molar-refractivity contribution in [3.8, 4) is 11.9 Å². The lowest BCUT2D eigenvalue weighted by molar-refractivity contribution is -0.0814. The lowest BCUT2D eigenvalue weighted by Gasteiger charge is -2.41. The zero-order chi connectivity index (χ0) is 22.0. The Kier molecular flexibility index (Phi) is 6.38. The quantitative estimate of drug-likeness (QED) is 0.699. The Balaban J connectivity index is 1.23. The van der Waals surface area contributed by atoms with Gasteiger partial charge in [-0.05, 0) is 78.2 Å². The van der Waals surface area contributed by atoms with Crippen LogP contribution in [-0.4, -0.2) is 52.0 Å². The minimum Gasteiger partial charge on any atom is -0.474 e. The van der Waals surface area contributed by atoms with Crippen LogP contribution in [0.15, 0.2) is 18.3 Å². The standard InChI is InChI=1S/C24H33N3O4/c1-24(2,3)31-23(28)27-17-5-6-18(27)13-21(12-17)29-19-7-9-20(10-8-19)30-22-11-4-16(14-25)15-26-22/h4,11,15,17-21H,5-10,12-13H2,1-3H3/t17-,18-,19?,20?/m0/s1. The van der Waals surface area contributed by atoms with Crippen molar-refractivity contribution >= 4 is 6.09 Å². The Morgan fingerprint density at radius 2 is 1.68 bits per heavy atom. The lowest BCUT2D eigenvalue weighted by atomic mass is 9.93. The van der Waals surface area contributed by atoms with Gasteiger partial charge in [-0.25, -0.2) is 9.78 Å². The maximum atomic E-state index is 12.6. The molecule has 1 aromatic rings. The number of amides is 1. The Morgan fingerprint density at radius 1 is 1.03 bits per heavy atom. The van der Waals surface area contributed by atoms with Crippen molar-refractivity contribution in [1.29, 1.82) is 5.26 Å². The van der Waals surface area contributed by atoms with Crippen molar-refractivity contribution in [2.45, 2.75) is 108 Å². The van der Waals surface area contributed by atoms with Crippen molar-refractivity contribution < 1.29 is 19.0 Å². The summed E-state index contributed by atoms with van der Waals surface area (Å²) in [4.78, 5) is 18.8. The number of hydrogen-bond donors (Lipinski definition) is 0. The first-order valence-electron chi connectivity index (χ1n) is 11.5. The lowest BCUT2D eigenvalue weighted by Crippen LogP contribution is -2.50. The predicted octanol–water partition coefficient (Wildman–Crippen LogP) is 4.59. The third-order valence-corrected chi connectivity index (χ3v) is 6.45. The number of ether oxygens (including phenoxy) is 3. The van der Waals surface area contributed by atoms with E-state index in [1.54, 1.807) is 18.3 Å². The average Bonchev–Trinajstić information content (AvgIpc) is 3.00. The molecule has 2 atom stereocenters. The molecule has 0 spiro atoms. The number of nitriles is 1. The highest BCUT2D eigenvalue weighted by Gasteiger charge is 2.45. The van der Waals surface area contributed by atoms with Gasteiger partial charge in [0.1, 0.15) is 17.8 Å². The van der Waals surface area contributed by atoms with Crippen molar-refractivity contribution in [3.63, 3.8) is 0 Å². The van der Waals surface area contributed by atoms with E-state index in [-0.39, 0.29) is 36.5 Å². The predicted molar refractivity (Wildman–Crippen MR) is 115 cm³/mol. The van der Waals surface area contributed by atoms with Crippen LogP contribution < -0.4 is 4.74 Å². The molecule has 2 aliphatic heterocycles. The summed E-state index contributed by atoms with van der Waals surface area (Å²) in [5, 5.41) is 8.87. The zero-order valence-corrected chi connectivity index (χ0v) is 18.8. The first kappa shape index (κ1) is 21.9. The molecule has 168 valence electrons. The van der Waals surface area contributed by atoms with Crippen LogP contribution in [0.4, 0.5) is 4.79 Å². The Bertz CT molecular complexity index is 792. The van der Waals surface area contributed by atoms with Gasteiger partial charge in [0.2, 0.25) is 5.88 Å². The fourth-order valence-corrected chi connectivity index (χ4v) is 5.10. The molecule has 31 heavy (non-hydrogen) atoms. The number of hydrogen-bond acceptors (Lipinski definition) is 6. The molecule has 0 radical (unpaired) electrons. The minimum absolute atomic E-state index is 0.144. The van der Waals surface area contributed by atoms with Crippen LogP contribution in [0, 0.1) is 11.3 Å². The highest BCUT2D eigenvalue weighted by atomic mass is 16.6. The largest absolute Gasteiger partial charge is 0.474 e. The van der Waals surface area contributed by atoms with E-state index >= 15 is 0 Å². The van der Waals surface area contributed by atoms with Gasteiger partial charge < -0.3 is 19.1 Å². The van der Waals surface area contributed by atoms with Crippen LogP contribution in [0.3, 0.4) is 0 Å². The zero-order valence-electron chi connectivity index (χ0n) is 18.8. The van der Waals surface area contributed by atoms with Gasteiger partial charge in [-0.2, -0.15) is 5.26 Å². The summed E-state index contributed by atoms with van der Waals surface area (Å²) in [5.41, 5.74) is 0.0776. The van der Waals surface area contributed by atoms with Crippen LogP contribution in [0.25, 0.3) is 0 Å². The molecule has 0 N–H and O–H groups in total. The third-order valence-electron chi connectivity index (χ3n) is 6.45. The smallest absolute Gasteiger partial charge is 0.410 e. The molecule has 3 heterocycles. The van der Waals surface area contributed by atoms with Crippen molar-refractivity contribution in [1.82, 2.24) is 9.88 Å². The highest BCUT2D eigenvalue weighted by molar-refractivity contribution is 5.69. The van der Waals surface area contributed by atoms with E-state index < -0.39 is 5.60 Å². The van der Waals surface area contributed by atoms with Crippen molar-refractivity contribution in [2.24, 2.45) is 0 Å². The molecular weight excluding hydrogens is 394 g/mol. The Morgan fingerprint density at radius 3 is 2.23 bits per heavy atom. The van der Waals surface area contributed by atoms with Gasteiger partial charge >= 0.3 is 6.09 Å². The van der Waals surface area contributed by atoms with Gasteiger partial charge in [0.25, 0.3) is 0 Å². The minimum atomic E-state index is -0.460.